The summed E-state index contributed by atoms with van der Waals surface area (Å²) >= 11 is 0. The van der Waals surface area contributed by atoms with Gasteiger partial charge in [-0.3, -0.25) is 20.2 Å². The fourth-order valence-electron chi connectivity index (χ4n) is 6.41. The number of rotatable bonds is 4. The maximum Gasteiger partial charge on any atom is 0.311 e. The van der Waals surface area contributed by atoms with E-state index in [1.54, 1.807) is 12.1 Å². The minimum absolute atomic E-state index is 0.373. The zero-order chi connectivity index (χ0) is 34.1. The molecular formula is C41H24N2O6. The molecule has 0 unspecified atom stereocenters. The van der Waals surface area contributed by atoms with Crippen LogP contribution in [-0.4, -0.2) is 20.1 Å². The van der Waals surface area contributed by atoms with Crippen molar-refractivity contribution in [2.45, 2.75) is 5.41 Å². The third-order valence-electron chi connectivity index (χ3n) is 8.60. The van der Waals surface area contributed by atoms with Crippen molar-refractivity contribution < 1.29 is 20.1 Å². The van der Waals surface area contributed by atoms with E-state index >= 15 is 0 Å². The van der Waals surface area contributed by atoms with Crippen LogP contribution in [0.1, 0.15) is 44.5 Å². The van der Waals surface area contributed by atoms with Gasteiger partial charge in [0.25, 0.3) is 0 Å². The van der Waals surface area contributed by atoms with E-state index in [0.29, 0.717) is 33.4 Å². The van der Waals surface area contributed by atoms with Gasteiger partial charge in [0.15, 0.2) is 11.5 Å². The second-order valence-corrected chi connectivity index (χ2v) is 11.4. The zero-order valence-corrected chi connectivity index (χ0v) is 25.6. The first-order valence-corrected chi connectivity index (χ1v) is 15.1. The van der Waals surface area contributed by atoms with Gasteiger partial charge in [-0.2, -0.15) is 0 Å². The number of phenols is 2. The summed E-state index contributed by atoms with van der Waals surface area (Å²) < 4.78 is 0. The van der Waals surface area contributed by atoms with Crippen molar-refractivity contribution in [1.82, 2.24) is 0 Å². The molecular weight excluding hydrogens is 616 g/mol. The van der Waals surface area contributed by atoms with Crippen LogP contribution in [0.5, 0.6) is 11.5 Å². The van der Waals surface area contributed by atoms with Gasteiger partial charge in [0.05, 0.1) is 15.3 Å². The van der Waals surface area contributed by atoms with Crippen molar-refractivity contribution in [1.29, 1.82) is 0 Å². The van der Waals surface area contributed by atoms with E-state index < -0.39 is 38.1 Å². The molecule has 1 aliphatic carbocycles. The van der Waals surface area contributed by atoms with Crippen molar-refractivity contribution in [3.63, 3.8) is 0 Å². The zero-order valence-electron chi connectivity index (χ0n) is 25.6. The maximum absolute atomic E-state index is 12.1. The van der Waals surface area contributed by atoms with E-state index in [2.05, 4.69) is 23.7 Å². The molecule has 0 spiro atoms. The first-order chi connectivity index (χ1) is 23.8. The minimum Gasteiger partial charge on any atom is -0.502 e. The highest BCUT2D eigenvalue weighted by atomic mass is 16.6. The number of nitro groups is 2. The molecule has 2 N–H and O–H groups in total. The number of aromatic hydroxyl groups is 2. The highest BCUT2D eigenvalue weighted by molar-refractivity contribution is 5.88. The fraction of sp³-hybridized carbons (Fsp3) is 0.0244. The number of nitro benzene ring substituents is 2. The molecule has 0 radical (unpaired) electrons. The van der Waals surface area contributed by atoms with Crippen LogP contribution in [0.15, 0.2) is 133 Å². The summed E-state index contributed by atoms with van der Waals surface area (Å²) in [5.41, 5.74) is 4.10. The summed E-state index contributed by atoms with van der Waals surface area (Å²) in [6.07, 6.45) is 0. The van der Waals surface area contributed by atoms with E-state index in [9.17, 15) is 30.4 Å². The van der Waals surface area contributed by atoms with Gasteiger partial charge in [0.1, 0.15) is 0 Å². The average Bonchev–Trinajstić information content (AvgIpc) is 3.40. The van der Waals surface area contributed by atoms with E-state index in [1.165, 1.54) is 24.3 Å². The molecule has 1 aliphatic rings. The molecule has 6 aromatic rings. The molecule has 0 aliphatic heterocycles. The van der Waals surface area contributed by atoms with Crippen molar-refractivity contribution in [3.8, 4) is 46.3 Å². The van der Waals surface area contributed by atoms with Crippen molar-refractivity contribution in [3.05, 3.63) is 198 Å². The van der Waals surface area contributed by atoms with Crippen LogP contribution < -0.4 is 0 Å². The molecule has 0 amide bonds. The van der Waals surface area contributed by atoms with Crippen molar-refractivity contribution in [2.75, 3.05) is 0 Å². The summed E-state index contributed by atoms with van der Waals surface area (Å²) in [5, 5.41) is 45.3. The van der Waals surface area contributed by atoms with Gasteiger partial charge in [-0.1, -0.05) is 84.3 Å². The fourth-order valence-corrected chi connectivity index (χ4v) is 6.41. The molecule has 0 heterocycles. The number of phenolic OH excluding ortho intramolecular Hbond substituents is 2. The Bertz CT molecular complexity index is 2260. The number of benzene rings is 6. The Labute approximate surface area is 280 Å². The lowest BCUT2D eigenvalue weighted by atomic mass is 9.67. The third kappa shape index (κ3) is 5.40. The molecule has 234 valence electrons. The lowest BCUT2D eigenvalue weighted by molar-refractivity contribution is -0.386. The van der Waals surface area contributed by atoms with Gasteiger partial charge in [-0.25, -0.2) is 0 Å². The van der Waals surface area contributed by atoms with Crippen LogP contribution >= 0.6 is 0 Å². The van der Waals surface area contributed by atoms with E-state index in [0.717, 1.165) is 22.3 Å². The highest BCUT2D eigenvalue weighted by Crippen LogP contribution is 2.58. The lowest BCUT2D eigenvalue weighted by Crippen LogP contribution is -2.29. The molecule has 0 bridgehead atoms. The Morgan fingerprint density at radius 2 is 0.857 bits per heavy atom. The Balaban J connectivity index is 1.57. The predicted molar refractivity (Wildman–Crippen MR) is 185 cm³/mol. The molecule has 0 aromatic heterocycles. The first-order valence-electron chi connectivity index (χ1n) is 15.1. The Kier molecular flexibility index (Phi) is 7.60. The minimum atomic E-state index is -1.39. The molecule has 0 fully saturated rings. The SMILES string of the molecule is O=[N+]([O-])c1cc(C2(c3ccc(O)c([N+](=O)[O-])c3)c3cc(C#Cc4ccccc4)ccc3-c3ccc(C#Cc4ccccc4)cc32)ccc1O. The lowest BCUT2D eigenvalue weighted by Gasteiger charge is -2.33. The largest absolute Gasteiger partial charge is 0.502 e. The van der Waals surface area contributed by atoms with Gasteiger partial charge < -0.3 is 10.2 Å². The molecule has 7 rings (SSSR count). The number of fused-ring (bicyclic) bond motifs is 3. The van der Waals surface area contributed by atoms with Crippen LogP contribution in [-0.2, 0) is 5.41 Å². The summed E-state index contributed by atoms with van der Waals surface area (Å²) in [4.78, 5) is 22.9. The Morgan fingerprint density at radius 1 is 0.469 bits per heavy atom. The second-order valence-electron chi connectivity index (χ2n) is 11.4. The molecule has 8 heteroatoms. The molecule has 49 heavy (non-hydrogen) atoms. The highest BCUT2D eigenvalue weighted by Gasteiger charge is 2.48. The van der Waals surface area contributed by atoms with Gasteiger partial charge in [-0.15, -0.1) is 0 Å². The third-order valence-corrected chi connectivity index (χ3v) is 8.60. The molecule has 0 saturated heterocycles. The quantitative estimate of drug-likeness (QED) is 0.114. The van der Waals surface area contributed by atoms with Crippen LogP contribution in [0.4, 0.5) is 11.4 Å². The van der Waals surface area contributed by atoms with Crippen molar-refractivity contribution >= 4 is 11.4 Å². The molecule has 0 atom stereocenters. The summed E-state index contributed by atoms with van der Waals surface area (Å²) in [7, 11) is 0. The summed E-state index contributed by atoms with van der Waals surface area (Å²) in [6, 6.07) is 38.5. The maximum atomic E-state index is 12.1. The van der Waals surface area contributed by atoms with Crippen LogP contribution in [0.25, 0.3) is 11.1 Å². The molecule has 8 nitrogen and oxygen atoms in total. The smallest absolute Gasteiger partial charge is 0.311 e. The van der Waals surface area contributed by atoms with Gasteiger partial charge in [-0.05, 0) is 94.0 Å². The van der Waals surface area contributed by atoms with Crippen molar-refractivity contribution in [2.24, 2.45) is 0 Å². The molecule has 0 saturated carbocycles. The van der Waals surface area contributed by atoms with Crippen LogP contribution in [0.2, 0.25) is 0 Å². The van der Waals surface area contributed by atoms with E-state index in [1.807, 2.05) is 97.1 Å². The predicted octanol–water partition coefficient (Wildman–Crippen LogP) is 8.08. The van der Waals surface area contributed by atoms with E-state index in [4.69, 9.17) is 0 Å². The van der Waals surface area contributed by atoms with Gasteiger partial charge >= 0.3 is 11.4 Å². The van der Waals surface area contributed by atoms with E-state index in [-0.39, 0.29) is 0 Å². The molecule has 6 aromatic carbocycles. The Morgan fingerprint density at radius 3 is 1.24 bits per heavy atom. The standard InChI is InChI=1S/C41H24N2O6/c44-39-21-17-31(25-37(39)42(46)47)41(32-18-22-40(45)38(26-32)43(48)49)35-23-29(13-11-27-7-3-1-4-8-27)15-19-33(35)34-20-16-30(24-36(34)41)14-12-28-9-5-2-6-10-28/h1-10,15-26,44-45H. The number of hydrogen-bond donors (Lipinski definition) is 2. The van der Waals surface area contributed by atoms with Crippen LogP contribution in [0, 0.1) is 43.9 Å². The summed E-state index contributed by atoms with van der Waals surface area (Å²) in [6.45, 7) is 0. The first kappa shape index (κ1) is 30.5. The monoisotopic (exact) mass is 640 g/mol. The number of hydrogen-bond acceptors (Lipinski definition) is 6. The summed E-state index contributed by atoms with van der Waals surface area (Å²) in [5.74, 6) is 11.7. The number of nitrogens with zero attached hydrogens (tertiary/aromatic N) is 2. The Hall–Kier alpha value is -7.16. The van der Waals surface area contributed by atoms with Crippen LogP contribution in [0.3, 0.4) is 0 Å². The van der Waals surface area contributed by atoms with Gasteiger partial charge in [0.2, 0.25) is 0 Å². The second kappa shape index (κ2) is 12.2. The van der Waals surface area contributed by atoms with Gasteiger partial charge in [0, 0.05) is 34.4 Å². The average molecular weight is 641 g/mol. The topological polar surface area (TPSA) is 127 Å². The normalized spacial score (nSPS) is 12.0.